The van der Waals surface area contributed by atoms with E-state index in [2.05, 4.69) is 19.9 Å². The van der Waals surface area contributed by atoms with Gasteiger partial charge in [-0.1, -0.05) is 18.2 Å². The standard InChI is InChI=1S/C33H35F2N7O5S/c1-21-20-40(28(43)9-6-12-39-15-17-47-18-16-39)13-14-41(21)31-24-19-26(35)29(23-7-4-5-8-25(23)34)37-32(24)42(33(44)38-31)30-22(2)36-11-10-27(30)48(3,45)46/h4-11,19,21H,12-18,20H2,1-3H3/b9-6+/t21-/m0/s1. The molecule has 0 N–H and O–H groups in total. The zero-order chi connectivity index (χ0) is 34.2. The molecule has 4 aromatic rings. The SMILES string of the molecule is Cc1nccc(S(C)(=O)=O)c1-n1c(=O)nc(N2CCN(C(=O)/C=C/CN3CCOCC3)C[C@@H]2C)c2cc(F)c(-c3ccccc3F)nc21. The van der Waals surface area contributed by atoms with Gasteiger partial charge < -0.3 is 14.5 Å². The summed E-state index contributed by atoms with van der Waals surface area (Å²) in [5.41, 5.74) is -1.39. The van der Waals surface area contributed by atoms with E-state index in [9.17, 15) is 22.4 Å². The van der Waals surface area contributed by atoms with Crippen LogP contribution >= 0.6 is 0 Å². The normalized spacial score (nSPS) is 17.8. The van der Waals surface area contributed by atoms with Crippen molar-refractivity contribution in [3.05, 3.63) is 82.6 Å². The van der Waals surface area contributed by atoms with Crippen LogP contribution in [0, 0.1) is 18.6 Å². The van der Waals surface area contributed by atoms with Gasteiger partial charge in [0.05, 0.1) is 34.9 Å². The van der Waals surface area contributed by atoms with Crippen molar-refractivity contribution in [3.8, 4) is 16.9 Å². The van der Waals surface area contributed by atoms with Crippen molar-refractivity contribution in [1.82, 2.24) is 29.3 Å². The maximum atomic E-state index is 15.9. The molecule has 0 unspecified atom stereocenters. The molecule has 48 heavy (non-hydrogen) atoms. The molecule has 12 nitrogen and oxygen atoms in total. The van der Waals surface area contributed by atoms with E-state index in [0.717, 1.165) is 30.0 Å². The molecule has 2 aliphatic heterocycles. The van der Waals surface area contributed by atoms with E-state index >= 15 is 4.39 Å². The Balaban J connectivity index is 1.43. The summed E-state index contributed by atoms with van der Waals surface area (Å²) in [7, 11) is -3.88. The van der Waals surface area contributed by atoms with E-state index in [4.69, 9.17) is 4.74 Å². The van der Waals surface area contributed by atoms with Crippen molar-refractivity contribution in [3.63, 3.8) is 0 Å². The van der Waals surface area contributed by atoms with Crippen LogP contribution in [0.3, 0.4) is 0 Å². The van der Waals surface area contributed by atoms with Crippen molar-refractivity contribution < 1.29 is 26.7 Å². The molecule has 0 aliphatic carbocycles. The average molecular weight is 680 g/mol. The van der Waals surface area contributed by atoms with Crippen molar-refractivity contribution in [2.45, 2.75) is 24.8 Å². The quantitative estimate of drug-likeness (QED) is 0.269. The minimum Gasteiger partial charge on any atom is -0.379 e. The van der Waals surface area contributed by atoms with Gasteiger partial charge in [0.1, 0.15) is 23.1 Å². The second kappa shape index (κ2) is 13.5. The molecule has 5 heterocycles. The van der Waals surface area contributed by atoms with Gasteiger partial charge in [-0.3, -0.25) is 14.7 Å². The number of rotatable bonds is 7. The van der Waals surface area contributed by atoms with E-state index in [1.54, 1.807) is 15.9 Å². The predicted octanol–water partition coefficient (Wildman–Crippen LogP) is 2.76. The first-order chi connectivity index (χ1) is 22.9. The van der Waals surface area contributed by atoms with Crippen LogP contribution in [0.1, 0.15) is 12.6 Å². The molecule has 2 aliphatic rings. The Labute approximate surface area is 276 Å². The molecule has 0 bridgehead atoms. The van der Waals surface area contributed by atoms with Crippen LogP contribution in [0.4, 0.5) is 14.6 Å². The molecule has 1 atom stereocenters. The first kappa shape index (κ1) is 33.3. The number of aromatic nitrogens is 4. The summed E-state index contributed by atoms with van der Waals surface area (Å²) >= 11 is 0. The van der Waals surface area contributed by atoms with Crippen LogP contribution in [-0.4, -0.2) is 108 Å². The monoisotopic (exact) mass is 679 g/mol. The number of nitrogens with zero attached hydrogens (tertiary/aromatic N) is 7. The van der Waals surface area contributed by atoms with E-state index in [-0.39, 0.29) is 62.9 Å². The summed E-state index contributed by atoms with van der Waals surface area (Å²) in [6.45, 7) is 7.86. The molecular formula is C33H35F2N7O5S. The van der Waals surface area contributed by atoms with Gasteiger partial charge in [0.2, 0.25) is 5.91 Å². The first-order valence-corrected chi connectivity index (χ1v) is 17.4. The highest BCUT2D eigenvalue weighted by Crippen LogP contribution is 2.33. The van der Waals surface area contributed by atoms with Gasteiger partial charge in [0, 0.05) is 69.4 Å². The number of aryl methyl sites for hydroxylation is 1. The van der Waals surface area contributed by atoms with Crippen LogP contribution in [0.5, 0.6) is 0 Å². The fraction of sp³-hybridized carbons (Fsp3) is 0.364. The Hall–Kier alpha value is -4.60. The lowest BCUT2D eigenvalue weighted by Crippen LogP contribution is -2.54. The number of morpholine rings is 1. The number of carbonyl (C=O) groups excluding carboxylic acids is 1. The van der Waals surface area contributed by atoms with Crippen LogP contribution in [0.15, 0.2) is 64.4 Å². The second-order valence-electron chi connectivity index (χ2n) is 11.9. The Morgan fingerprint density at radius 1 is 1.06 bits per heavy atom. The van der Waals surface area contributed by atoms with E-state index in [0.29, 0.717) is 32.8 Å². The second-order valence-corrected chi connectivity index (χ2v) is 13.9. The third kappa shape index (κ3) is 6.57. The topological polar surface area (TPSA) is 131 Å². The van der Waals surface area contributed by atoms with E-state index in [1.807, 2.05) is 13.0 Å². The largest absolute Gasteiger partial charge is 0.379 e. The van der Waals surface area contributed by atoms with Gasteiger partial charge in [-0.25, -0.2) is 31.5 Å². The van der Waals surface area contributed by atoms with Gasteiger partial charge in [-0.15, -0.1) is 0 Å². The third-order valence-electron chi connectivity index (χ3n) is 8.56. The molecule has 15 heteroatoms. The van der Waals surface area contributed by atoms with Crippen molar-refractivity contribution >= 4 is 32.6 Å². The smallest absolute Gasteiger partial charge is 0.355 e. The molecule has 2 fully saturated rings. The van der Waals surface area contributed by atoms with Crippen molar-refractivity contribution in [1.29, 1.82) is 0 Å². The minimum atomic E-state index is -3.88. The number of benzene rings is 1. The van der Waals surface area contributed by atoms with Gasteiger partial charge in [0.15, 0.2) is 15.5 Å². The Bertz CT molecular complexity index is 2080. The maximum absolute atomic E-state index is 15.9. The fourth-order valence-electron chi connectivity index (χ4n) is 6.14. The summed E-state index contributed by atoms with van der Waals surface area (Å²) in [6.07, 6.45) is 5.71. The predicted molar refractivity (Wildman–Crippen MR) is 176 cm³/mol. The van der Waals surface area contributed by atoms with Gasteiger partial charge in [-0.2, -0.15) is 4.98 Å². The number of hydrogen-bond acceptors (Lipinski definition) is 10. The molecule has 6 rings (SSSR count). The number of pyridine rings is 2. The molecule has 0 spiro atoms. The van der Waals surface area contributed by atoms with Gasteiger partial charge in [0.25, 0.3) is 0 Å². The van der Waals surface area contributed by atoms with Gasteiger partial charge >= 0.3 is 5.69 Å². The van der Waals surface area contributed by atoms with Crippen LogP contribution in [0.25, 0.3) is 28.0 Å². The fourth-order valence-corrected chi connectivity index (χ4v) is 7.04. The lowest BCUT2D eigenvalue weighted by atomic mass is 10.1. The molecule has 0 radical (unpaired) electrons. The minimum absolute atomic E-state index is 0.0834. The number of amides is 1. The highest BCUT2D eigenvalue weighted by atomic mass is 32.2. The Morgan fingerprint density at radius 2 is 1.81 bits per heavy atom. The van der Waals surface area contributed by atoms with Crippen LogP contribution in [0.2, 0.25) is 0 Å². The number of fused-ring (bicyclic) bond motifs is 1. The average Bonchev–Trinajstić information content (AvgIpc) is 3.05. The number of carbonyl (C=O) groups is 1. The highest BCUT2D eigenvalue weighted by Gasteiger charge is 2.31. The van der Waals surface area contributed by atoms with E-state index < -0.39 is 27.2 Å². The van der Waals surface area contributed by atoms with Crippen LogP contribution < -0.4 is 10.6 Å². The number of hydrogen-bond donors (Lipinski definition) is 0. The third-order valence-corrected chi connectivity index (χ3v) is 9.69. The van der Waals surface area contributed by atoms with Crippen LogP contribution in [-0.2, 0) is 19.4 Å². The van der Waals surface area contributed by atoms with Crippen molar-refractivity contribution in [2.75, 3.05) is 63.6 Å². The summed E-state index contributed by atoms with van der Waals surface area (Å²) in [6, 6.07) is 7.57. The first-order valence-electron chi connectivity index (χ1n) is 15.5. The number of piperazine rings is 1. The number of ether oxygens (including phenoxy) is 1. The highest BCUT2D eigenvalue weighted by molar-refractivity contribution is 7.90. The van der Waals surface area contributed by atoms with Crippen molar-refractivity contribution in [2.24, 2.45) is 0 Å². The lowest BCUT2D eigenvalue weighted by Gasteiger charge is -2.40. The zero-order valence-electron chi connectivity index (χ0n) is 26.8. The lowest BCUT2D eigenvalue weighted by molar-refractivity contribution is -0.126. The molecule has 3 aromatic heterocycles. The molecular weight excluding hydrogens is 644 g/mol. The summed E-state index contributed by atoms with van der Waals surface area (Å²) < 4.78 is 62.9. The summed E-state index contributed by atoms with van der Waals surface area (Å²) in [4.78, 5) is 45.5. The molecule has 1 aromatic carbocycles. The number of anilines is 1. The molecule has 252 valence electrons. The maximum Gasteiger partial charge on any atom is 0.355 e. The zero-order valence-corrected chi connectivity index (χ0v) is 27.6. The van der Waals surface area contributed by atoms with Gasteiger partial charge in [-0.05, 0) is 38.1 Å². The Kier molecular flexibility index (Phi) is 9.36. The Morgan fingerprint density at radius 3 is 2.52 bits per heavy atom. The number of halogens is 2. The summed E-state index contributed by atoms with van der Waals surface area (Å²) in [5, 5.41) is 0.104. The molecule has 2 saturated heterocycles. The van der Waals surface area contributed by atoms with E-state index in [1.165, 1.54) is 43.5 Å². The number of sulfone groups is 1. The summed E-state index contributed by atoms with van der Waals surface area (Å²) in [5.74, 6) is -1.62. The molecule has 1 amide bonds. The molecule has 0 saturated carbocycles.